The predicted octanol–water partition coefficient (Wildman–Crippen LogP) is 3.70. The molecular formula is C16H17FO. The van der Waals surface area contributed by atoms with Crippen LogP contribution in [0.4, 0.5) is 4.39 Å². The molecule has 0 fully saturated rings. The molecule has 0 saturated carbocycles. The molecule has 94 valence electrons. The Morgan fingerprint density at radius 3 is 2.33 bits per heavy atom. The molecule has 0 aromatic heterocycles. The maximum Gasteiger partial charge on any atom is 0.129 e. The van der Waals surface area contributed by atoms with Gasteiger partial charge >= 0.3 is 0 Å². The molecule has 0 aliphatic rings. The van der Waals surface area contributed by atoms with Crippen LogP contribution in [0.2, 0.25) is 0 Å². The van der Waals surface area contributed by atoms with E-state index < -0.39 is 5.60 Å². The number of hydrogen-bond acceptors (Lipinski definition) is 1. The van der Waals surface area contributed by atoms with Crippen molar-refractivity contribution < 1.29 is 9.50 Å². The zero-order chi connectivity index (χ0) is 13.3. The van der Waals surface area contributed by atoms with E-state index in [9.17, 15) is 9.50 Å². The van der Waals surface area contributed by atoms with E-state index in [0.29, 0.717) is 11.1 Å². The Balaban J connectivity index is 2.57. The van der Waals surface area contributed by atoms with Gasteiger partial charge in [0.05, 0.1) is 0 Å². The number of aliphatic hydroxyl groups is 1. The van der Waals surface area contributed by atoms with E-state index in [1.807, 2.05) is 38.1 Å². The average Bonchev–Trinajstić information content (AvgIpc) is 2.32. The number of halogens is 1. The minimum atomic E-state index is -1.32. The summed E-state index contributed by atoms with van der Waals surface area (Å²) in [5, 5.41) is 10.6. The molecule has 0 aliphatic carbocycles. The van der Waals surface area contributed by atoms with Gasteiger partial charge in [-0.3, -0.25) is 0 Å². The van der Waals surface area contributed by atoms with Crippen LogP contribution >= 0.6 is 0 Å². The molecule has 1 N–H and O–H groups in total. The molecule has 0 bridgehead atoms. The van der Waals surface area contributed by atoms with Gasteiger partial charge in [0.15, 0.2) is 0 Å². The Labute approximate surface area is 107 Å². The molecule has 0 spiro atoms. The Morgan fingerprint density at radius 1 is 1.00 bits per heavy atom. The van der Waals surface area contributed by atoms with Crippen LogP contribution in [-0.2, 0) is 5.60 Å². The molecule has 0 heterocycles. The monoisotopic (exact) mass is 244 g/mol. The van der Waals surface area contributed by atoms with Gasteiger partial charge in [-0.1, -0.05) is 41.5 Å². The largest absolute Gasteiger partial charge is 0.381 e. The maximum absolute atomic E-state index is 13.9. The predicted molar refractivity (Wildman–Crippen MR) is 71.0 cm³/mol. The lowest BCUT2D eigenvalue weighted by atomic mass is 9.86. The summed E-state index contributed by atoms with van der Waals surface area (Å²) in [6.07, 6.45) is 0. The third-order valence-corrected chi connectivity index (χ3v) is 3.23. The van der Waals surface area contributed by atoms with Crippen LogP contribution in [-0.4, -0.2) is 5.11 Å². The third kappa shape index (κ3) is 2.29. The van der Waals surface area contributed by atoms with Crippen molar-refractivity contribution in [2.45, 2.75) is 26.4 Å². The van der Waals surface area contributed by atoms with E-state index in [0.717, 1.165) is 11.1 Å². The Hall–Kier alpha value is -1.67. The Kier molecular flexibility index (Phi) is 3.22. The van der Waals surface area contributed by atoms with Crippen LogP contribution in [0.25, 0.3) is 0 Å². The van der Waals surface area contributed by atoms with Gasteiger partial charge in [-0.15, -0.1) is 0 Å². The van der Waals surface area contributed by atoms with Gasteiger partial charge in [-0.05, 0) is 38.5 Å². The highest BCUT2D eigenvalue weighted by atomic mass is 19.1. The summed E-state index contributed by atoms with van der Waals surface area (Å²) in [5.74, 6) is -0.382. The fourth-order valence-corrected chi connectivity index (χ4v) is 2.12. The molecule has 0 aliphatic heterocycles. The van der Waals surface area contributed by atoms with Crippen LogP contribution in [0, 0.1) is 19.7 Å². The first-order chi connectivity index (χ1) is 8.41. The third-order valence-electron chi connectivity index (χ3n) is 3.23. The van der Waals surface area contributed by atoms with Crippen molar-refractivity contribution in [2.24, 2.45) is 0 Å². The van der Waals surface area contributed by atoms with Crippen LogP contribution in [0.1, 0.15) is 29.2 Å². The van der Waals surface area contributed by atoms with Crippen LogP contribution < -0.4 is 0 Å². The molecule has 2 rings (SSSR count). The minimum Gasteiger partial charge on any atom is -0.381 e. The van der Waals surface area contributed by atoms with E-state index in [2.05, 4.69) is 0 Å². The van der Waals surface area contributed by atoms with Crippen LogP contribution in [0.3, 0.4) is 0 Å². The van der Waals surface area contributed by atoms with Crippen LogP contribution in [0.15, 0.2) is 42.5 Å². The molecule has 2 aromatic rings. The number of aryl methyl sites for hydroxylation is 2. The molecule has 0 amide bonds. The quantitative estimate of drug-likeness (QED) is 0.854. The average molecular weight is 244 g/mol. The van der Waals surface area contributed by atoms with Crippen molar-refractivity contribution in [3.05, 3.63) is 70.5 Å². The number of benzene rings is 2. The molecule has 0 radical (unpaired) electrons. The van der Waals surface area contributed by atoms with Gasteiger partial charge in [0, 0.05) is 5.56 Å². The molecule has 1 nitrogen and oxygen atoms in total. The van der Waals surface area contributed by atoms with Crippen molar-refractivity contribution in [1.82, 2.24) is 0 Å². The van der Waals surface area contributed by atoms with Crippen molar-refractivity contribution in [1.29, 1.82) is 0 Å². The SMILES string of the molecule is Cc1cccc(C(C)(O)c2cc(C)ccc2F)c1. The lowest BCUT2D eigenvalue weighted by Gasteiger charge is -2.25. The lowest BCUT2D eigenvalue weighted by molar-refractivity contribution is 0.0978. The smallest absolute Gasteiger partial charge is 0.129 e. The summed E-state index contributed by atoms with van der Waals surface area (Å²) in [6.45, 7) is 5.46. The van der Waals surface area contributed by atoms with E-state index in [-0.39, 0.29) is 5.82 Å². The molecule has 2 aromatic carbocycles. The molecule has 1 unspecified atom stereocenters. The van der Waals surface area contributed by atoms with Gasteiger partial charge in [-0.2, -0.15) is 0 Å². The van der Waals surface area contributed by atoms with Gasteiger partial charge in [-0.25, -0.2) is 4.39 Å². The summed E-state index contributed by atoms with van der Waals surface area (Å²) >= 11 is 0. The van der Waals surface area contributed by atoms with E-state index >= 15 is 0 Å². The first-order valence-electron chi connectivity index (χ1n) is 5.97. The van der Waals surface area contributed by atoms with E-state index in [1.54, 1.807) is 19.1 Å². The fraction of sp³-hybridized carbons (Fsp3) is 0.250. The summed E-state index contributed by atoms with van der Waals surface area (Å²) in [7, 11) is 0. The second-order valence-corrected chi connectivity index (χ2v) is 4.92. The van der Waals surface area contributed by atoms with Crippen molar-refractivity contribution in [2.75, 3.05) is 0 Å². The second-order valence-electron chi connectivity index (χ2n) is 4.92. The highest BCUT2D eigenvalue weighted by Gasteiger charge is 2.28. The summed E-state index contributed by atoms with van der Waals surface area (Å²) < 4.78 is 13.9. The minimum absolute atomic E-state index is 0.313. The molecule has 2 heteroatoms. The lowest BCUT2D eigenvalue weighted by Crippen LogP contribution is -2.24. The molecular weight excluding hydrogens is 227 g/mol. The van der Waals surface area contributed by atoms with E-state index in [1.165, 1.54) is 6.07 Å². The van der Waals surface area contributed by atoms with E-state index in [4.69, 9.17) is 0 Å². The zero-order valence-corrected chi connectivity index (χ0v) is 10.9. The standard InChI is InChI=1S/C16H17FO/c1-11-5-4-6-13(9-11)16(3,18)14-10-12(2)7-8-15(14)17/h4-10,18H,1-3H3. The first-order valence-corrected chi connectivity index (χ1v) is 5.97. The number of hydrogen-bond donors (Lipinski definition) is 1. The van der Waals surface area contributed by atoms with Crippen molar-refractivity contribution >= 4 is 0 Å². The van der Waals surface area contributed by atoms with Gasteiger partial charge < -0.3 is 5.11 Å². The van der Waals surface area contributed by atoms with Gasteiger partial charge in [0.1, 0.15) is 11.4 Å². The maximum atomic E-state index is 13.9. The highest BCUT2D eigenvalue weighted by molar-refractivity contribution is 5.39. The van der Waals surface area contributed by atoms with Crippen molar-refractivity contribution in [3.8, 4) is 0 Å². The molecule has 18 heavy (non-hydrogen) atoms. The van der Waals surface area contributed by atoms with Crippen molar-refractivity contribution in [3.63, 3.8) is 0 Å². The van der Waals surface area contributed by atoms with Crippen LogP contribution in [0.5, 0.6) is 0 Å². The number of rotatable bonds is 2. The fourth-order valence-electron chi connectivity index (χ4n) is 2.12. The first kappa shape index (κ1) is 12.8. The molecule has 1 atom stereocenters. The van der Waals surface area contributed by atoms with Gasteiger partial charge in [0.25, 0.3) is 0 Å². The Bertz CT molecular complexity index is 573. The second kappa shape index (κ2) is 4.54. The molecule has 0 saturated heterocycles. The zero-order valence-electron chi connectivity index (χ0n) is 10.9. The summed E-state index contributed by atoms with van der Waals surface area (Å²) in [4.78, 5) is 0. The topological polar surface area (TPSA) is 20.2 Å². The summed E-state index contributed by atoms with van der Waals surface area (Å²) in [6, 6.07) is 12.3. The van der Waals surface area contributed by atoms with Gasteiger partial charge in [0.2, 0.25) is 0 Å². The highest BCUT2D eigenvalue weighted by Crippen LogP contribution is 2.31. The Morgan fingerprint density at radius 2 is 1.67 bits per heavy atom. The normalized spacial score (nSPS) is 14.3. The summed E-state index contributed by atoms with van der Waals surface area (Å²) in [5.41, 5.74) is 1.67.